The van der Waals surface area contributed by atoms with Gasteiger partial charge in [-0.2, -0.15) is 0 Å². The summed E-state index contributed by atoms with van der Waals surface area (Å²) >= 11 is 0. The average Bonchev–Trinajstić information content (AvgIpc) is 2.74. The Morgan fingerprint density at radius 2 is 1.63 bits per heavy atom. The van der Waals surface area contributed by atoms with E-state index in [9.17, 15) is 0 Å². The van der Waals surface area contributed by atoms with Crippen LogP contribution in [0, 0.1) is 22.2 Å². The molecule has 3 aliphatic rings. The predicted octanol–water partition coefficient (Wildman–Crippen LogP) is 4.76. The summed E-state index contributed by atoms with van der Waals surface area (Å²) in [6.07, 6.45) is 9.99. The van der Waals surface area contributed by atoms with Crippen molar-refractivity contribution in [1.82, 2.24) is 5.32 Å². The van der Waals surface area contributed by atoms with Gasteiger partial charge in [0, 0.05) is 12.1 Å². The highest BCUT2D eigenvalue weighted by Gasteiger charge is 2.59. The molecule has 0 saturated heterocycles. The van der Waals surface area contributed by atoms with Gasteiger partial charge in [0.05, 0.1) is 0 Å². The first kappa shape index (κ1) is 13.9. The van der Waals surface area contributed by atoms with Crippen LogP contribution >= 0.6 is 0 Å². The van der Waals surface area contributed by atoms with Crippen LogP contribution in [-0.2, 0) is 0 Å². The molecule has 1 nitrogen and oxygen atoms in total. The van der Waals surface area contributed by atoms with Gasteiger partial charge in [0.2, 0.25) is 0 Å². The van der Waals surface area contributed by atoms with Gasteiger partial charge in [-0.15, -0.1) is 0 Å². The molecule has 2 unspecified atom stereocenters. The van der Waals surface area contributed by atoms with E-state index >= 15 is 0 Å². The standard InChI is InChI=1S/C18H33N/c1-16(2)9-6-7-14(12-16)19-15-17(3,4)13-8-10-18(15,5)11-13/h13-15,19H,6-12H2,1-5H3/t13-,14?,15?,18+/m0/s1. The first-order valence-corrected chi connectivity index (χ1v) is 8.49. The van der Waals surface area contributed by atoms with E-state index in [2.05, 4.69) is 39.9 Å². The van der Waals surface area contributed by atoms with E-state index in [0.29, 0.717) is 16.2 Å². The van der Waals surface area contributed by atoms with Crippen molar-refractivity contribution in [2.24, 2.45) is 22.2 Å². The normalized spacial score (nSPS) is 47.5. The fourth-order valence-electron chi connectivity index (χ4n) is 5.79. The quantitative estimate of drug-likeness (QED) is 0.757. The molecule has 0 aliphatic heterocycles. The van der Waals surface area contributed by atoms with Crippen molar-refractivity contribution in [3.05, 3.63) is 0 Å². The van der Waals surface area contributed by atoms with E-state index in [0.717, 1.165) is 18.0 Å². The lowest BCUT2D eigenvalue weighted by Gasteiger charge is -2.47. The third-order valence-corrected chi connectivity index (χ3v) is 6.88. The van der Waals surface area contributed by atoms with Crippen LogP contribution in [0.25, 0.3) is 0 Å². The van der Waals surface area contributed by atoms with E-state index < -0.39 is 0 Å². The van der Waals surface area contributed by atoms with Crippen LogP contribution in [0.15, 0.2) is 0 Å². The molecule has 3 aliphatic carbocycles. The maximum Gasteiger partial charge on any atom is 0.0177 e. The second-order valence-electron chi connectivity index (χ2n) is 9.47. The lowest BCUT2D eigenvalue weighted by Crippen LogP contribution is -2.55. The van der Waals surface area contributed by atoms with Gasteiger partial charge in [-0.25, -0.2) is 0 Å². The van der Waals surface area contributed by atoms with Crippen molar-refractivity contribution in [1.29, 1.82) is 0 Å². The SMILES string of the molecule is CC1(C)CCCC(NC2C(C)(C)[C@H]3CC[C@]2(C)C3)C1. The maximum absolute atomic E-state index is 4.14. The molecule has 0 spiro atoms. The minimum absolute atomic E-state index is 0.509. The molecule has 0 amide bonds. The van der Waals surface area contributed by atoms with Crippen LogP contribution in [0.3, 0.4) is 0 Å². The fourth-order valence-corrected chi connectivity index (χ4v) is 5.79. The van der Waals surface area contributed by atoms with Gasteiger partial charge in [-0.3, -0.25) is 0 Å². The zero-order valence-corrected chi connectivity index (χ0v) is 13.7. The molecular weight excluding hydrogens is 230 g/mol. The van der Waals surface area contributed by atoms with E-state index in [1.165, 1.54) is 44.9 Å². The van der Waals surface area contributed by atoms with E-state index in [4.69, 9.17) is 0 Å². The molecule has 0 radical (unpaired) electrons. The van der Waals surface area contributed by atoms with Gasteiger partial charge in [-0.05, 0) is 60.7 Å². The molecule has 1 heteroatoms. The largest absolute Gasteiger partial charge is 0.310 e. The minimum atomic E-state index is 0.509. The maximum atomic E-state index is 4.14. The Labute approximate surface area is 119 Å². The number of fused-ring (bicyclic) bond motifs is 2. The number of nitrogens with one attached hydrogen (secondary N) is 1. The van der Waals surface area contributed by atoms with Crippen molar-refractivity contribution >= 4 is 0 Å². The number of hydrogen-bond acceptors (Lipinski definition) is 1. The topological polar surface area (TPSA) is 12.0 Å². The zero-order chi connectivity index (χ0) is 13.9. The highest BCUT2D eigenvalue weighted by Crippen LogP contribution is 2.62. The Kier molecular flexibility index (Phi) is 3.10. The molecule has 2 bridgehead atoms. The third kappa shape index (κ3) is 2.26. The Hall–Kier alpha value is -0.0400. The number of rotatable bonds is 2. The molecule has 110 valence electrons. The van der Waals surface area contributed by atoms with E-state index in [1.54, 1.807) is 0 Å². The van der Waals surface area contributed by atoms with Crippen molar-refractivity contribution in [3.8, 4) is 0 Å². The highest BCUT2D eigenvalue weighted by atomic mass is 15.0. The summed E-state index contributed by atoms with van der Waals surface area (Å²) < 4.78 is 0. The predicted molar refractivity (Wildman–Crippen MR) is 82.2 cm³/mol. The van der Waals surface area contributed by atoms with Gasteiger partial charge >= 0.3 is 0 Å². The Bertz CT molecular complexity index is 352. The smallest absolute Gasteiger partial charge is 0.0177 e. The fraction of sp³-hybridized carbons (Fsp3) is 1.00. The van der Waals surface area contributed by atoms with Crippen LogP contribution in [0.1, 0.15) is 79.6 Å². The molecule has 4 atom stereocenters. The Morgan fingerprint density at radius 3 is 2.21 bits per heavy atom. The van der Waals surface area contributed by atoms with Crippen LogP contribution < -0.4 is 5.32 Å². The summed E-state index contributed by atoms with van der Waals surface area (Å²) in [5.74, 6) is 0.964. The van der Waals surface area contributed by atoms with Gasteiger partial charge < -0.3 is 5.32 Å². The molecule has 19 heavy (non-hydrogen) atoms. The summed E-state index contributed by atoms with van der Waals surface area (Å²) in [6, 6.07) is 1.52. The molecule has 3 rings (SSSR count). The highest BCUT2D eigenvalue weighted by molar-refractivity contribution is 5.12. The van der Waals surface area contributed by atoms with Gasteiger partial charge in [-0.1, -0.05) is 41.0 Å². The monoisotopic (exact) mass is 263 g/mol. The molecular formula is C18H33N. The molecule has 0 heterocycles. The minimum Gasteiger partial charge on any atom is -0.310 e. The first-order chi connectivity index (χ1) is 8.73. The van der Waals surface area contributed by atoms with Crippen molar-refractivity contribution < 1.29 is 0 Å². The summed E-state index contributed by atoms with van der Waals surface area (Å²) in [5.41, 5.74) is 1.64. The van der Waals surface area contributed by atoms with E-state index in [-0.39, 0.29) is 0 Å². The number of hydrogen-bond donors (Lipinski definition) is 1. The van der Waals surface area contributed by atoms with Gasteiger partial charge in [0.25, 0.3) is 0 Å². The Morgan fingerprint density at radius 1 is 0.895 bits per heavy atom. The lowest BCUT2D eigenvalue weighted by molar-refractivity contribution is 0.0786. The molecule has 1 N–H and O–H groups in total. The first-order valence-electron chi connectivity index (χ1n) is 8.49. The van der Waals surface area contributed by atoms with Crippen molar-refractivity contribution in [3.63, 3.8) is 0 Å². The molecule has 3 saturated carbocycles. The van der Waals surface area contributed by atoms with Gasteiger partial charge in [0.1, 0.15) is 0 Å². The molecule has 0 aromatic rings. The lowest BCUT2D eigenvalue weighted by atomic mass is 9.67. The molecule has 0 aromatic carbocycles. The average molecular weight is 263 g/mol. The van der Waals surface area contributed by atoms with E-state index in [1.807, 2.05) is 0 Å². The molecule has 0 aromatic heterocycles. The van der Waals surface area contributed by atoms with Gasteiger partial charge in [0.15, 0.2) is 0 Å². The Balaban J connectivity index is 1.72. The second-order valence-corrected chi connectivity index (χ2v) is 9.47. The molecule has 3 fully saturated rings. The van der Waals surface area contributed by atoms with Crippen LogP contribution in [0.5, 0.6) is 0 Å². The summed E-state index contributed by atoms with van der Waals surface area (Å²) in [5, 5.41) is 4.14. The summed E-state index contributed by atoms with van der Waals surface area (Å²) in [4.78, 5) is 0. The van der Waals surface area contributed by atoms with Crippen molar-refractivity contribution in [2.75, 3.05) is 0 Å². The zero-order valence-electron chi connectivity index (χ0n) is 13.7. The summed E-state index contributed by atoms with van der Waals surface area (Å²) in [7, 11) is 0. The van der Waals surface area contributed by atoms with Crippen LogP contribution in [-0.4, -0.2) is 12.1 Å². The second kappa shape index (κ2) is 4.23. The third-order valence-electron chi connectivity index (χ3n) is 6.88. The summed E-state index contributed by atoms with van der Waals surface area (Å²) in [6.45, 7) is 12.5. The van der Waals surface area contributed by atoms with Crippen LogP contribution in [0.4, 0.5) is 0 Å². The van der Waals surface area contributed by atoms with Crippen molar-refractivity contribution in [2.45, 2.75) is 91.6 Å². The van der Waals surface area contributed by atoms with Crippen LogP contribution in [0.2, 0.25) is 0 Å².